The Hall–Kier alpha value is -3.07. The predicted molar refractivity (Wildman–Crippen MR) is 115 cm³/mol. The number of rotatable bonds is 5. The van der Waals surface area contributed by atoms with Crippen LogP contribution in [0.3, 0.4) is 0 Å². The fourth-order valence-electron chi connectivity index (χ4n) is 4.84. The van der Waals surface area contributed by atoms with Crippen LogP contribution in [-0.2, 0) is 6.54 Å². The molecule has 2 aliphatic heterocycles. The maximum atomic E-state index is 14.5. The Labute approximate surface area is 177 Å². The van der Waals surface area contributed by atoms with Crippen LogP contribution in [-0.4, -0.2) is 48.3 Å². The third-order valence-electron chi connectivity index (χ3n) is 6.15. The molecule has 3 heterocycles. The molecule has 6 nitrogen and oxygen atoms in total. The van der Waals surface area contributed by atoms with Crippen molar-refractivity contribution < 1.29 is 13.2 Å². The molecule has 3 N–H and O–H groups in total. The van der Waals surface area contributed by atoms with Gasteiger partial charge in [0.25, 0.3) is 6.43 Å². The van der Waals surface area contributed by atoms with Crippen LogP contribution in [0.1, 0.15) is 17.6 Å². The van der Waals surface area contributed by atoms with Gasteiger partial charge in [-0.3, -0.25) is 0 Å². The largest absolute Gasteiger partial charge is 0.399 e. The van der Waals surface area contributed by atoms with Gasteiger partial charge in [-0.25, -0.2) is 13.2 Å². The summed E-state index contributed by atoms with van der Waals surface area (Å²) in [7, 11) is 2.13. The van der Waals surface area contributed by atoms with Crippen LogP contribution in [0.4, 0.5) is 30.2 Å². The molecular weight excluding hydrogens is 405 g/mol. The first-order chi connectivity index (χ1) is 14.8. The lowest BCUT2D eigenvalue weighted by Crippen LogP contribution is -2.71. The molecule has 2 aliphatic rings. The lowest BCUT2D eigenvalue weighted by Gasteiger charge is -2.60. The summed E-state index contributed by atoms with van der Waals surface area (Å²) in [6, 6.07) is 8.32. The number of halogens is 3. The number of anilines is 3. The lowest BCUT2D eigenvalue weighted by molar-refractivity contribution is -0.00237. The first kappa shape index (κ1) is 19.9. The zero-order chi connectivity index (χ0) is 21.8. The van der Waals surface area contributed by atoms with E-state index in [4.69, 9.17) is 5.73 Å². The van der Waals surface area contributed by atoms with Crippen molar-refractivity contribution in [2.24, 2.45) is 5.41 Å². The Balaban J connectivity index is 1.38. The van der Waals surface area contributed by atoms with Gasteiger partial charge in [0.15, 0.2) is 0 Å². The lowest BCUT2D eigenvalue weighted by atomic mass is 9.73. The summed E-state index contributed by atoms with van der Waals surface area (Å²) < 4.78 is 40.6. The number of aromatic nitrogens is 2. The molecule has 0 amide bonds. The summed E-state index contributed by atoms with van der Waals surface area (Å²) in [4.78, 5) is 4.66. The molecule has 1 spiro atoms. The van der Waals surface area contributed by atoms with Gasteiger partial charge < -0.3 is 20.9 Å². The van der Waals surface area contributed by atoms with E-state index in [2.05, 4.69) is 32.4 Å². The number of alkyl halides is 2. The van der Waals surface area contributed by atoms with Crippen molar-refractivity contribution in [3.63, 3.8) is 0 Å². The van der Waals surface area contributed by atoms with Crippen LogP contribution >= 0.6 is 0 Å². The zero-order valence-electron chi connectivity index (χ0n) is 17.1. The molecule has 0 saturated carbocycles. The molecule has 0 atom stereocenters. The molecule has 2 fully saturated rings. The predicted octanol–water partition coefficient (Wildman–Crippen LogP) is 3.65. The van der Waals surface area contributed by atoms with E-state index in [-0.39, 0.29) is 17.8 Å². The summed E-state index contributed by atoms with van der Waals surface area (Å²) in [5.41, 5.74) is 8.04. The molecule has 0 bridgehead atoms. The minimum absolute atomic E-state index is 0.000768. The zero-order valence-corrected chi connectivity index (χ0v) is 17.1. The second-order valence-electron chi connectivity index (χ2n) is 8.73. The second kappa shape index (κ2) is 7.26. The molecule has 31 heavy (non-hydrogen) atoms. The minimum Gasteiger partial charge on any atom is -0.399 e. The van der Waals surface area contributed by atoms with Crippen LogP contribution in [0.25, 0.3) is 10.9 Å². The van der Waals surface area contributed by atoms with E-state index in [9.17, 15) is 13.2 Å². The molecule has 2 aromatic carbocycles. The number of hydrogen-bond acceptors (Lipinski definition) is 6. The van der Waals surface area contributed by atoms with E-state index in [0.29, 0.717) is 16.6 Å². The third kappa shape index (κ3) is 3.52. The maximum absolute atomic E-state index is 14.5. The van der Waals surface area contributed by atoms with E-state index in [1.54, 1.807) is 6.20 Å². The summed E-state index contributed by atoms with van der Waals surface area (Å²) in [5, 5.41) is 12.1. The van der Waals surface area contributed by atoms with Gasteiger partial charge in [0.05, 0.1) is 23.0 Å². The standard InChI is InChI=1S/C22H23F3N6/c1-30-9-22(10-30)11-31(12-22)15-2-3-18-16(6-15)19(8-28-29-18)27-7-13-4-14(26)5-17(20(13)23)21(24)25/h2-6,8,21H,7,9-12,26H2,1H3,(H,27,29). The van der Waals surface area contributed by atoms with E-state index in [1.165, 1.54) is 6.07 Å². The van der Waals surface area contributed by atoms with Crippen molar-refractivity contribution in [1.82, 2.24) is 15.1 Å². The Morgan fingerprint density at radius 2 is 1.94 bits per heavy atom. The van der Waals surface area contributed by atoms with E-state index in [1.807, 2.05) is 18.2 Å². The molecule has 162 valence electrons. The Kier molecular flexibility index (Phi) is 4.65. The van der Waals surface area contributed by atoms with Crippen molar-refractivity contribution >= 4 is 28.0 Å². The summed E-state index contributed by atoms with van der Waals surface area (Å²) in [6.45, 7) is 4.30. The minimum atomic E-state index is -2.93. The highest BCUT2D eigenvalue weighted by Crippen LogP contribution is 2.42. The number of benzene rings is 2. The number of hydrogen-bond donors (Lipinski definition) is 2. The fraction of sp³-hybridized carbons (Fsp3) is 0.364. The molecule has 3 aromatic rings. The number of nitrogens with zero attached hydrogens (tertiary/aromatic N) is 4. The average molecular weight is 428 g/mol. The second-order valence-corrected chi connectivity index (χ2v) is 8.73. The monoisotopic (exact) mass is 428 g/mol. The van der Waals surface area contributed by atoms with Crippen molar-refractivity contribution in [3.8, 4) is 0 Å². The summed E-state index contributed by atoms with van der Waals surface area (Å²) in [5.74, 6) is -0.944. The van der Waals surface area contributed by atoms with Gasteiger partial charge in [0, 0.05) is 60.5 Å². The molecule has 0 unspecified atom stereocenters. The number of fused-ring (bicyclic) bond motifs is 1. The van der Waals surface area contributed by atoms with Gasteiger partial charge in [0.1, 0.15) is 5.82 Å². The Morgan fingerprint density at radius 3 is 2.65 bits per heavy atom. The van der Waals surface area contributed by atoms with Gasteiger partial charge in [-0.15, -0.1) is 0 Å². The van der Waals surface area contributed by atoms with Gasteiger partial charge in [-0.1, -0.05) is 0 Å². The smallest absolute Gasteiger partial charge is 0.266 e. The van der Waals surface area contributed by atoms with Crippen LogP contribution in [0.2, 0.25) is 0 Å². The van der Waals surface area contributed by atoms with Gasteiger partial charge in [0.2, 0.25) is 0 Å². The first-order valence-corrected chi connectivity index (χ1v) is 10.1. The molecule has 2 saturated heterocycles. The van der Waals surface area contributed by atoms with Gasteiger partial charge in [-0.2, -0.15) is 10.2 Å². The maximum Gasteiger partial charge on any atom is 0.266 e. The Bertz CT molecular complexity index is 1140. The number of nitrogens with two attached hydrogens (primary N) is 1. The number of likely N-dealkylation sites (tertiary alicyclic amines) is 1. The first-order valence-electron chi connectivity index (χ1n) is 10.1. The summed E-state index contributed by atoms with van der Waals surface area (Å²) in [6.07, 6.45) is -1.37. The fourth-order valence-corrected chi connectivity index (χ4v) is 4.84. The van der Waals surface area contributed by atoms with E-state index >= 15 is 0 Å². The van der Waals surface area contributed by atoms with Crippen molar-refractivity contribution in [1.29, 1.82) is 0 Å². The van der Waals surface area contributed by atoms with Crippen LogP contribution in [0.5, 0.6) is 0 Å². The van der Waals surface area contributed by atoms with Gasteiger partial charge in [-0.05, 0) is 37.4 Å². The van der Waals surface area contributed by atoms with E-state index < -0.39 is 17.8 Å². The van der Waals surface area contributed by atoms with Crippen LogP contribution < -0.4 is 16.0 Å². The van der Waals surface area contributed by atoms with Crippen molar-refractivity contribution in [2.75, 3.05) is 49.2 Å². The SMILES string of the molecule is CN1CC2(C1)CN(c1ccc3nncc(NCc4cc(N)cc(C(F)F)c4F)c3c1)C2. The Morgan fingerprint density at radius 1 is 1.16 bits per heavy atom. The quantitative estimate of drug-likeness (QED) is 0.605. The highest BCUT2D eigenvalue weighted by atomic mass is 19.3. The highest BCUT2D eigenvalue weighted by molar-refractivity contribution is 5.93. The molecule has 0 radical (unpaired) electrons. The number of nitrogens with one attached hydrogen (secondary N) is 1. The van der Waals surface area contributed by atoms with Crippen molar-refractivity contribution in [2.45, 2.75) is 13.0 Å². The average Bonchev–Trinajstić information content (AvgIpc) is 2.69. The molecular formula is C22H23F3N6. The molecule has 9 heteroatoms. The molecule has 0 aliphatic carbocycles. The molecule has 5 rings (SSSR count). The highest BCUT2D eigenvalue weighted by Gasteiger charge is 2.50. The summed E-state index contributed by atoms with van der Waals surface area (Å²) >= 11 is 0. The van der Waals surface area contributed by atoms with Crippen molar-refractivity contribution in [3.05, 3.63) is 53.5 Å². The van der Waals surface area contributed by atoms with E-state index in [0.717, 1.165) is 43.3 Å². The van der Waals surface area contributed by atoms with Crippen LogP contribution in [0.15, 0.2) is 36.5 Å². The van der Waals surface area contributed by atoms with Crippen LogP contribution in [0, 0.1) is 11.2 Å². The topological polar surface area (TPSA) is 70.3 Å². The molecule has 1 aromatic heterocycles. The number of nitrogen functional groups attached to an aromatic ring is 1. The third-order valence-corrected chi connectivity index (χ3v) is 6.15. The normalized spacial score (nSPS) is 17.8. The van der Waals surface area contributed by atoms with Gasteiger partial charge >= 0.3 is 0 Å².